The average Bonchev–Trinajstić information content (AvgIpc) is 2.79. The molecule has 0 aliphatic heterocycles. The molecule has 0 radical (unpaired) electrons. The second-order valence-corrected chi connectivity index (χ2v) is 7.23. The molecule has 1 saturated carbocycles. The van der Waals surface area contributed by atoms with Crippen molar-refractivity contribution in [1.82, 2.24) is 0 Å². The molecule has 0 heterocycles. The number of fused-ring (bicyclic) bond motifs is 4. The highest BCUT2D eigenvalue weighted by Crippen LogP contribution is 2.57. The number of allylic oxidation sites excluding steroid dienone is 7. The minimum Gasteiger partial charge on any atom is -0.294 e. The maximum absolute atomic E-state index is 11.7. The molecule has 20 heavy (non-hydrogen) atoms. The van der Waals surface area contributed by atoms with Gasteiger partial charge in [-0.25, -0.2) is 0 Å². The van der Waals surface area contributed by atoms with Gasteiger partial charge in [0, 0.05) is 6.42 Å². The van der Waals surface area contributed by atoms with Gasteiger partial charge < -0.3 is 0 Å². The van der Waals surface area contributed by atoms with E-state index in [-0.39, 0.29) is 5.78 Å². The first-order chi connectivity index (χ1) is 9.58. The number of ketones is 1. The Labute approximate surface area is 121 Å². The molecule has 3 atom stereocenters. The van der Waals surface area contributed by atoms with Crippen LogP contribution in [-0.2, 0) is 4.79 Å². The van der Waals surface area contributed by atoms with Gasteiger partial charge in [0.25, 0.3) is 0 Å². The van der Waals surface area contributed by atoms with Crippen molar-refractivity contribution in [3.8, 4) is 0 Å². The Morgan fingerprint density at radius 1 is 1.35 bits per heavy atom. The Hall–Kier alpha value is -1.37. The van der Waals surface area contributed by atoms with Crippen LogP contribution in [0.15, 0.2) is 47.1 Å². The second-order valence-electron chi connectivity index (χ2n) is 7.23. The predicted molar refractivity (Wildman–Crippen MR) is 81.2 cm³/mol. The molecule has 0 N–H and O–H groups in total. The second kappa shape index (κ2) is 4.07. The maximum atomic E-state index is 11.7. The summed E-state index contributed by atoms with van der Waals surface area (Å²) in [6.07, 6.45) is 13.6. The number of rotatable bonds is 0. The van der Waals surface area contributed by atoms with Gasteiger partial charge in [-0.15, -0.1) is 0 Å². The summed E-state index contributed by atoms with van der Waals surface area (Å²) in [5.41, 5.74) is 5.56. The van der Waals surface area contributed by atoms with Crippen LogP contribution in [0.1, 0.15) is 45.4 Å². The Morgan fingerprint density at radius 3 is 3.05 bits per heavy atom. The van der Waals surface area contributed by atoms with Crippen molar-refractivity contribution in [3.63, 3.8) is 0 Å². The van der Waals surface area contributed by atoms with Crippen LogP contribution in [0.3, 0.4) is 0 Å². The number of hydrogen-bond acceptors (Lipinski definition) is 1. The molecule has 4 aliphatic rings. The summed E-state index contributed by atoms with van der Waals surface area (Å²) in [6.45, 7) is 6.63. The number of hydrogen-bond donors (Lipinski definition) is 0. The van der Waals surface area contributed by atoms with E-state index in [0.717, 1.165) is 17.9 Å². The monoisotopic (exact) mass is 266 g/mol. The van der Waals surface area contributed by atoms with E-state index < -0.39 is 0 Å². The Bertz CT molecular complexity index is 601. The third-order valence-corrected chi connectivity index (χ3v) is 6.02. The van der Waals surface area contributed by atoms with Crippen molar-refractivity contribution in [1.29, 1.82) is 0 Å². The summed E-state index contributed by atoms with van der Waals surface area (Å²) in [7, 11) is 0. The highest BCUT2D eigenvalue weighted by Gasteiger charge is 2.46. The fourth-order valence-corrected chi connectivity index (χ4v) is 5.07. The molecular formula is C19H22O. The van der Waals surface area contributed by atoms with Crippen molar-refractivity contribution in [2.24, 2.45) is 17.3 Å². The van der Waals surface area contributed by atoms with Gasteiger partial charge in [-0.2, -0.15) is 0 Å². The van der Waals surface area contributed by atoms with Crippen molar-refractivity contribution >= 4 is 5.78 Å². The molecule has 4 rings (SSSR count). The van der Waals surface area contributed by atoms with Crippen LogP contribution < -0.4 is 0 Å². The predicted octanol–water partition coefficient (Wildman–Crippen LogP) is 4.52. The van der Waals surface area contributed by atoms with E-state index in [1.807, 2.05) is 6.08 Å². The summed E-state index contributed by atoms with van der Waals surface area (Å²) >= 11 is 0. The largest absolute Gasteiger partial charge is 0.294 e. The van der Waals surface area contributed by atoms with E-state index in [1.165, 1.54) is 42.4 Å². The molecule has 4 aliphatic carbocycles. The number of carbonyl (C=O) groups excluding carboxylic acids is 1. The van der Waals surface area contributed by atoms with E-state index >= 15 is 0 Å². The van der Waals surface area contributed by atoms with Crippen LogP contribution in [0.25, 0.3) is 0 Å². The zero-order valence-corrected chi connectivity index (χ0v) is 12.2. The topological polar surface area (TPSA) is 17.1 Å². The van der Waals surface area contributed by atoms with Gasteiger partial charge in [0.2, 0.25) is 0 Å². The summed E-state index contributed by atoms with van der Waals surface area (Å²) in [4.78, 5) is 11.7. The first-order valence-corrected chi connectivity index (χ1v) is 7.94. The summed E-state index contributed by atoms with van der Waals surface area (Å²) in [5.74, 6) is 1.74. The van der Waals surface area contributed by atoms with Gasteiger partial charge in [0.15, 0.2) is 5.78 Å². The Morgan fingerprint density at radius 2 is 2.20 bits per heavy atom. The Kier molecular flexibility index (Phi) is 2.52. The van der Waals surface area contributed by atoms with Gasteiger partial charge in [0.1, 0.15) is 0 Å². The lowest BCUT2D eigenvalue weighted by atomic mass is 9.60. The molecule has 1 nitrogen and oxygen atoms in total. The molecule has 0 saturated heterocycles. The molecular weight excluding hydrogens is 244 g/mol. The van der Waals surface area contributed by atoms with Crippen LogP contribution in [0.5, 0.6) is 0 Å². The first-order valence-electron chi connectivity index (χ1n) is 7.94. The van der Waals surface area contributed by atoms with Crippen LogP contribution in [0, 0.1) is 17.3 Å². The van der Waals surface area contributed by atoms with Crippen molar-refractivity contribution in [2.75, 3.05) is 0 Å². The smallest absolute Gasteiger partial charge is 0.160 e. The van der Waals surface area contributed by atoms with Crippen LogP contribution in [0.4, 0.5) is 0 Å². The summed E-state index contributed by atoms with van der Waals surface area (Å²) in [5, 5.41) is 0. The standard InChI is InChI=1S/C19H22O/c1-12-10-14(20)11-13-5-6-15-16(18(12)13)7-9-19(2)8-3-4-17(15)19/h7,9,11,15,17H,1,3-6,8,10H2,2H3/t15-,17+,19+/m1/s1. The third kappa shape index (κ3) is 1.58. The van der Waals surface area contributed by atoms with E-state index in [4.69, 9.17) is 0 Å². The first kappa shape index (κ1) is 12.4. The van der Waals surface area contributed by atoms with Gasteiger partial charge in [-0.3, -0.25) is 4.79 Å². The quantitative estimate of drug-likeness (QED) is 0.630. The minimum atomic E-state index is 0.235. The summed E-state index contributed by atoms with van der Waals surface area (Å²) in [6, 6.07) is 0. The maximum Gasteiger partial charge on any atom is 0.160 e. The molecule has 1 heteroatoms. The van der Waals surface area contributed by atoms with E-state index in [9.17, 15) is 4.79 Å². The molecule has 0 aromatic heterocycles. The molecule has 1 fully saturated rings. The van der Waals surface area contributed by atoms with Gasteiger partial charge in [-0.05, 0) is 71.3 Å². The lowest BCUT2D eigenvalue weighted by molar-refractivity contribution is -0.114. The lowest BCUT2D eigenvalue weighted by Crippen LogP contribution is -2.34. The third-order valence-electron chi connectivity index (χ3n) is 6.02. The van der Waals surface area contributed by atoms with Gasteiger partial charge in [-0.1, -0.05) is 32.1 Å². The fraction of sp³-hybridized carbons (Fsp3) is 0.526. The zero-order chi connectivity index (χ0) is 13.9. The molecule has 0 aromatic rings. The zero-order valence-electron chi connectivity index (χ0n) is 12.2. The lowest BCUT2D eigenvalue weighted by Gasteiger charge is -2.44. The van der Waals surface area contributed by atoms with E-state index in [1.54, 1.807) is 0 Å². The van der Waals surface area contributed by atoms with Crippen LogP contribution in [-0.4, -0.2) is 5.78 Å². The van der Waals surface area contributed by atoms with Crippen LogP contribution >= 0.6 is 0 Å². The minimum absolute atomic E-state index is 0.235. The van der Waals surface area contributed by atoms with E-state index in [0.29, 0.717) is 17.8 Å². The summed E-state index contributed by atoms with van der Waals surface area (Å²) < 4.78 is 0. The molecule has 0 bridgehead atoms. The van der Waals surface area contributed by atoms with Crippen molar-refractivity contribution < 1.29 is 4.79 Å². The normalized spacial score (nSPS) is 39.4. The molecule has 0 spiro atoms. The highest BCUT2D eigenvalue weighted by atomic mass is 16.1. The highest BCUT2D eigenvalue weighted by molar-refractivity contribution is 5.96. The van der Waals surface area contributed by atoms with Crippen molar-refractivity contribution in [3.05, 3.63) is 47.1 Å². The molecule has 0 unspecified atom stereocenters. The Balaban J connectivity index is 1.88. The van der Waals surface area contributed by atoms with Crippen molar-refractivity contribution in [2.45, 2.75) is 45.4 Å². The van der Waals surface area contributed by atoms with Crippen LogP contribution in [0.2, 0.25) is 0 Å². The van der Waals surface area contributed by atoms with E-state index in [2.05, 4.69) is 25.7 Å². The van der Waals surface area contributed by atoms with Gasteiger partial charge >= 0.3 is 0 Å². The SMILES string of the molecule is C=C1CC(=O)C=C2CC[C@@H]3C(=C12)C=C[C@]1(C)CCC[C@@H]31. The average molecular weight is 266 g/mol. The molecule has 104 valence electrons. The molecule has 0 amide bonds. The fourth-order valence-electron chi connectivity index (χ4n) is 5.07. The molecule has 0 aromatic carbocycles. The number of carbonyl (C=O) groups is 1. The van der Waals surface area contributed by atoms with Gasteiger partial charge in [0.05, 0.1) is 0 Å².